The van der Waals surface area contributed by atoms with Gasteiger partial charge >= 0.3 is 6.09 Å². The summed E-state index contributed by atoms with van der Waals surface area (Å²) in [6, 6.07) is 12.7. The predicted octanol–water partition coefficient (Wildman–Crippen LogP) is 3.69. The number of hydrogen-bond donors (Lipinski definition) is 2. The highest BCUT2D eigenvalue weighted by Crippen LogP contribution is 2.30. The molecule has 7 nitrogen and oxygen atoms in total. The van der Waals surface area contributed by atoms with Crippen LogP contribution in [-0.2, 0) is 0 Å². The van der Waals surface area contributed by atoms with Crippen molar-refractivity contribution >= 4 is 22.8 Å². The van der Waals surface area contributed by atoms with Crippen LogP contribution in [0, 0.1) is 0 Å². The highest BCUT2D eigenvalue weighted by molar-refractivity contribution is 5.84. The molecule has 1 aromatic heterocycles. The number of hydrogen-bond acceptors (Lipinski definition) is 6. The van der Waals surface area contributed by atoms with Gasteiger partial charge in [-0.2, -0.15) is 0 Å². The Balaban J connectivity index is 1.32. The summed E-state index contributed by atoms with van der Waals surface area (Å²) in [5.41, 5.74) is 7.99. The number of rotatable bonds is 4. The lowest BCUT2D eigenvalue weighted by Crippen LogP contribution is -2.41. The Morgan fingerprint density at radius 3 is 2.57 bits per heavy atom. The highest BCUT2D eigenvalue weighted by Gasteiger charge is 2.25. The summed E-state index contributed by atoms with van der Waals surface area (Å²) in [5, 5.41) is 2.93. The maximum atomic E-state index is 12.0. The summed E-state index contributed by atoms with van der Waals surface area (Å²) < 4.78 is 11.5. The van der Waals surface area contributed by atoms with E-state index < -0.39 is 6.09 Å². The van der Waals surface area contributed by atoms with Crippen LogP contribution in [0.2, 0.25) is 0 Å². The Hall–Kier alpha value is -3.35. The van der Waals surface area contributed by atoms with Crippen LogP contribution in [-0.4, -0.2) is 28.2 Å². The Morgan fingerprint density at radius 1 is 1.04 bits per heavy atom. The molecule has 3 aromatic rings. The summed E-state index contributed by atoms with van der Waals surface area (Å²) in [7, 11) is 0. The van der Waals surface area contributed by atoms with Gasteiger partial charge in [-0.3, -0.25) is 4.98 Å². The first kappa shape index (κ1) is 18.0. The van der Waals surface area contributed by atoms with Crippen molar-refractivity contribution in [3.8, 4) is 11.5 Å². The largest absolute Gasteiger partial charge is 0.488 e. The predicted molar refractivity (Wildman–Crippen MR) is 106 cm³/mol. The van der Waals surface area contributed by atoms with Crippen molar-refractivity contribution in [1.29, 1.82) is 0 Å². The van der Waals surface area contributed by atoms with Crippen LogP contribution in [0.5, 0.6) is 11.5 Å². The fourth-order valence-electron chi connectivity index (χ4n) is 3.45. The summed E-state index contributed by atoms with van der Waals surface area (Å²) in [5.74, 6) is 1.19. The van der Waals surface area contributed by atoms with E-state index in [0.717, 1.165) is 31.2 Å². The van der Waals surface area contributed by atoms with Crippen molar-refractivity contribution in [2.75, 3.05) is 5.73 Å². The van der Waals surface area contributed by atoms with Crippen molar-refractivity contribution < 1.29 is 14.3 Å². The molecule has 0 aliphatic heterocycles. The van der Waals surface area contributed by atoms with E-state index in [4.69, 9.17) is 15.2 Å². The van der Waals surface area contributed by atoms with E-state index in [1.54, 1.807) is 36.7 Å². The number of nitrogens with zero attached hydrogens (tertiary/aromatic N) is 2. The zero-order valence-electron chi connectivity index (χ0n) is 15.4. The first-order chi connectivity index (χ1) is 13.7. The number of carbonyl (C=O) groups is 1. The van der Waals surface area contributed by atoms with Crippen molar-refractivity contribution in [2.24, 2.45) is 0 Å². The van der Waals surface area contributed by atoms with E-state index in [1.165, 1.54) is 0 Å². The summed E-state index contributed by atoms with van der Waals surface area (Å²) >= 11 is 0. The van der Waals surface area contributed by atoms with Gasteiger partial charge in [-0.25, -0.2) is 9.78 Å². The third-order valence-electron chi connectivity index (χ3n) is 4.80. The molecule has 7 heteroatoms. The normalized spacial score (nSPS) is 19.1. The summed E-state index contributed by atoms with van der Waals surface area (Å²) in [6.45, 7) is 0. The molecule has 1 heterocycles. The molecular weight excluding hydrogens is 356 g/mol. The van der Waals surface area contributed by atoms with Gasteiger partial charge in [0.25, 0.3) is 0 Å². The molecule has 0 unspecified atom stereocenters. The van der Waals surface area contributed by atoms with Crippen LogP contribution < -0.4 is 20.5 Å². The van der Waals surface area contributed by atoms with Crippen LogP contribution >= 0.6 is 0 Å². The minimum Gasteiger partial charge on any atom is -0.488 e. The molecule has 1 fully saturated rings. The van der Waals surface area contributed by atoms with Crippen LogP contribution in [0.3, 0.4) is 0 Å². The Kier molecular flexibility index (Phi) is 5.23. The first-order valence-corrected chi connectivity index (χ1v) is 9.37. The Morgan fingerprint density at radius 2 is 1.79 bits per heavy atom. The number of amides is 1. The van der Waals surface area contributed by atoms with Crippen molar-refractivity contribution in [3.05, 3.63) is 54.9 Å². The topological polar surface area (TPSA) is 99.4 Å². The highest BCUT2D eigenvalue weighted by atomic mass is 16.6. The van der Waals surface area contributed by atoms with Gasteiger partial charge in [0.05, 0.1) is 11.6 Å². The van der Waals surface area contributed by atoms with Gasteiger partial charge in [0.1, 0.15) is 17.0 Å². The fourth-order valence-corrected chi connectivity index (χ4v) is 3.45. The number of nitrogens with two attached hydrogens (primary N) is 1. The third kappa shape index (κ3) is 4.31. The molecule has 0 radical (unpaired) electrons. The van der Waals surface area contributed by atoms with E-state index in [2.05, 4.69) is 15.3 Å². The SMILES string of the molecule is Nc1cc(OC2CCC(NC(=O)Oc3ccccc3)CC2)c2nccnc2c1. The number of anilines is 1. The second kappa shape index (κ2) is 8.12. The second-order valence-electron chi connectivity index (χ2n) is 6.88. The fraction of sp³-hybridized carbons (Fsp3) is 0.286. The zero-order valence-corrected chi connectivity index (χ0v) is 15.4. The molecule has 0 saturated heterocycles. The quantitative estimate of drug-likeness (QED) is 0.672. The number of aromatic nitrogens is 2. The van der Waals surface area contributed by atoms with Crippen molar-refractivity contribution in [1.82, 2.24) is 15.3 Å². The van der Waals surface area contributed by atoms with Crippen molar-refractivity contribution in [3.63, 3.8) is 0 Å². The number of nitrogens with one attached hydrogen (secondary N) is 1. The average Bonchev–Trinajstić information content (AvgIpc) is 2.70. The Labute approximate surface area is 162 Å². The van der Waals surface area contributed by atoms with Gasteiger partial charge in [0.2, 0.25) is 0 Å². The lowest BCUT2D eigenvalue weighted by molar-refractivity contribution is 0.137. The van der Waals surface area contributed by atoms with Gasteiger partial charge in [-0.05, 0) is 43.9 Å². The molecule has 3 N–H and O–H groups in total. The van der Waals surface area contributed by atoms with Crippen LogP contribution in [0.4, 0.5) is 10.5 Å². The first-order valence-electron chi connectivity index (χ1n) is 9.37. The lowest BCUT2D eigenvalue weighted by Gasteiger charge is -2.29. The molecule has 2 aromatic carbocycles. The zero-order chi connectivity index (χ0) is 19.3. The molecule has 0 spiro atoms. The molecule has 0 bridgehead atoms. The van der Waals surface area contributed by atoms with Gasteiger partial charge in [-0.15, -0.1) is 0 Å². The second-order valence-corrected chi connectivity index (χ2v) is 6.88. The minimum absolute atomic E-state index is 0.0511. The van der Waals surface area contributed by atoms with Gasteiger partial charge in [0.15, 0.2) is 0 Å². The standard InChI is InChI=1S/C21H22N4O3/c22-14-12-18-20(24-11-10-23-18)19(13-14)27-17-8-6-15(7-9-17)25-21(26)28-16-4-2-1-3-5-16/h1-5,10-13,15,17H,6-9,22H2,(H,25,26). The average molecular weight is 378 g/mol. The number of fused-ring (bicyclic) bond motifs is 1. The molecule has 144 valence electrons. The van der Waals surface area contributed by atoms with Crippen molar-refractivity contribution in [2.45, 2.75) is 37.8 Å². The number of para-hydroxylation sites is 1. The van der Waals surface area contributed by atoms with Gasteiger partial charge in [0, 0.05) is 30.2 Å². The van der Waals surface area contributed by atoms with E-state index in [0.29, 0.717) is 22.7 Å². The number of ether oxygens (including phenoxy) is 2. The smallest absolute Gasteiger partial charge is 0.412 e. The maximum Gasteiger partial charge on any atom is 0.412 e. The maximum absolute atomic E-state index is 12.0. The van der Waals surface area contributed by atoms with Crippen LogP contribution in [0.1, 0.15) is 25.7 Å². The molecule has 1 aliphatic carbocycles. The minimum atomic E-state index is -0.423. The Bertz CT molecular complexity index is 956. The molecule has 1 saturated carbocycles. The number of benzene rings is 2. The third-order valence-corrected chi connectivity index (χ3v) is 4.80. The lowest BCUT2D eigenvalue weighted by atomic mass is 9.93. The number of nitrogen functional groups attached to an aromatic ring is 1. The molecule has 1 amide bonds. The number of carbonyl (C=O) groups excluding carboxylic acids is 1. The van der Waals surface area contributed by atoms with E-state index in [1.807, 2.05) is 18.2 Å². The summed E-state index contributed by atoms with van der Waals surface area (Å²) in [4.78, 5) is 20.7. The van der Waals surface area contributed by atoms with Crippen LogP contribution in [0.25, 0.3) is 11.0 Å². The van der Waals surface area contributed by atoms with E-state index >= 15 is 0 Å². The summed E-state index contributed by atoms with van der Waals surface area (Å²) in [6.07, 6.45) is 6.20. The van der Waals surface area contributed by atoms with Gasteiger partial charge in [-0.1, -0.05) is 18.2 Å². The molecule has 0 atom stereocenters. The molecule has 28 heavy (non-hydrogen) atoms. The van der Waals surface area contributed by atoms with Gasteiger partial charge < -0.3 is 20.5 Å². The van der Waals surface area contributed by atoms with Crippen LogP contribution in [0.15, 0.2) is 54.9 Å². The molecule has 1 aliphatic rings. The van der Waals surface area contributed by atoms with E-state index in [9.17, 15) is 4.79 Å². The molecular formula is C21H22N4O3. The van der Waals surface area contributed by atoms with E-state index in [-0.39, 0.29) is 12.1 Å². The molecule has 4 rings (SSSR count). The monoisotopic (exact) mass is 378 g/mol.